The summed E-state index contributed by atoms with van der Waals surface area (Å²) in [4.78, 5) is 34.9. The van der Waals surface area contributed by atoms with Gasteiger partial charge in [0.2, 0.25) is 0 Å². The average molecular weight is 425 g/mol. The molecule has 2 N–H and O–H groups in total. The van der Waals surface area contributed by atoms with Crippen LogP contribution >= 0.6 is 0 Å². The monoisotopic (exact) mass is 425 g/mol. The quantitative estimate of drug-likeness (QED) is 0.505. The second kappa shape index (κ2) is 10.3. The molecule has 3 aromatic rings. The molecular weight excluding hydrogens is 402 g/mol. The molecule has 0 fully saturated rings. The van der Waals surface area contributed by atoms with Gasteiger partial charge in [-0.25, -0.2) is 9.59 Å². The lowest BCUT2D eigenvalue weighted by Gasteiger charge is -2.13. The van der Waals surface area contributed by atoms with E-state index in [1.54, 1.807) is 24.3 Å². The number of hydrogen-bond donors (Lipinski definition) is 2. The fourth-order valence-electron chi connectivity index (χ4n) is 3.06. The molecule has 0 saturated heterocycles. The maximum atomic E-state index is 12.0. The van der Waals surface area contributed by atoms with Gasteiger partial charge in [-0.1, -0.05) is 36.4 Å². The standard InChI is InChI=1S/C23H23NO7/c1-29-21(25)10-8-15-7-9-20-17(11-15)12-18(31-20)13-19(22(26)27)24-23(28)30-14-16-5-3-2-4-6-16/h2-7,9,11-12,19H,8,10,13-14H2,1H3,(H,24,28)(H,26,27). The van der Waals surface area contributed by atoms with Gasteiger partial charge in [0.15, 0.2) is 0 Å². The molecule has 31 heavy (non-hydrogen) atoms. The van der Waals surface area contributed by atoms with Crippen molar-refractivity contribution < 1.29 is 33.4 Å². The first-order valence-corrected chi connectivity index (χ1v) is 9.73. The van der Waals surface area contributed by atoms with Crippen LogP contribution in [-0.2, 0) is 38.5 Å². The van der Waals surface area contributed by atoms with Crippen LogP contribution in [0, 0.1) is 0 Å². The Morgan fingerprint density at radius 3 is 2.55 bits per heavy atom. The molecule has 8 nitrogen and oxygen atoms in total. The van der Waals surface area contributed by atoms with Crippen molar-refractivity contribution in [2.24, 2.45) is 0 Å². The Morgan fingerprint density at radius 1 is 1.06 bits per heavy atom. The molecule has 1 amide bonds. The van der Waals surface area contributed by atoms with E-state index in [2.05, 4.69) is 10.1 Å². The number of carboxylic acids is 1. The number of rotatable bonds is 9. The SMILES string of the molecule is COC(=O)CCc1ccc2oc(CC(NC(=O)OCc3ccccc3)C(=O)O)cc2c1. The lowest BCUT2D eigenvalue weighted by molar-refractivity contribution is -0.141. The van der Waals surface area contributed by atoms with Gasteiger partial charge in [0.25, 0.3) is 0 Å². The number of fused-ring (bicyclic) bond motifs is 1. The van der Waals surface area contributed by atoms with Crippen molar-refractivity contribution in [2.75, 3.05) is 7.11 Å². The van der Waals surface area contributed by atoms with Crippen LogP contribution in [0.3, 0.4) is 0 Å². The summed E-state index contributed by atoms with van der Waals surface area (Å²) in [6.45, 7) is 0.0397. The summed E-state index contributed by atoms with van der Waals surface area (Å²) < 4.78 is 15.5. The second-order valence-electron chi connectivity index (χ2n) is 6.96. The normalized spacial score (nSPS) is 11.6. The largest absolute Gasteiger partial charge is 0.480 e. The first kappa shape index (κ1) is 21.9. The third-order valence-electron chi connectivity index (χ3n) is 4.69. The van der Waals surface area contributed by atoms with Gasteiger partial charge in [0.1, 0.15) is 24.0 Å². The van der Waals surface area contributed by atoms with Crippen LogP contribution in [0.4, 0.5) is 4.79 Å². The van der Waals surface area contributed by atoms with E-state index < -0.39 is 18.1 Å². The van der Waals surface area contributed by atoms with Gasteiger partial charge in [0, 0.05) is 18.2 Å². The highest BCUT2D eigenvalue weighted by Gasteiger charge is 2.23. The van der Waals surface area contributed by atoms with Crippen LogP contribution in [0.25, 0.3) is 11.0 Å². The molecule has 2 aromatic carbocycles. The molecule has 0 spiro atoms. The fourth-order valence-corrected chi connectivity index (χ4v) is 3.06. The molecule has 1 atom stereocenters. The summed E-state index contributed by atoms with van der Waals surface area (Å²) in [5.41, 5.74) is 2.32. The van der Waals surface area contributed by atoms with E-state index in [0.717, 1.165) is 16.5 Å². The van der Waals surface area contributed by atoms with Crippen molar-refractivity contribution in [3.8, 4) is 0 Å². The third-order valence-corrected chi connectivity index (χ3v) is 4.69. The Bertz CT molecular complexity index is 1060. The highest BCUT2D eigenvalue weighted by atomic mass is 16.5. The molecule has 3 rings (SSSR count). The fraction of sp³-hybridized carbons (Fsp3) is 0.261. The van der Waals surface area contributed by atoms with Gasteiger partial charge in [-0.2, -0.15) is 0 Å². The topological polar surface area (TPSA) is 115 Å². The zero-order valence-corrected chi connectivity index (χ0v) is 17.0. The smallest absolute Gasteiger partial charge is 0.408 e. The highest BCUT2D eigenvalue weighted by molar-refractivity contribution is 5.81. The summed E-state index contributed by atoms with van der Waals surface area (Å²) in [5.74, 6) is -1.07. The molecule has 0 radical (unpaired) electrons. The molecular formula is C23H23NO7. The zero-order chi connectivity index (χ0) is 22.2. The van der Waals surface area contributed by atoms with Crippen LogP contribution in [0.2, 0.25) is 0 Å². The number of ether oxygens (including phenoxy) is 2. The van der Waals surface area contributed by atoms with E-state index >= 15 is 0 Å². The van der Waals surface area contributed by atoms with E-state index in [1.165, 1.54) is 7.11 Å². The lowest BCUT2D eigenvalue weighted by Crippen LogP contribution is -2.42. The molecule has 0 saturated carbocycles. The second-order valence-corrected chi connectivity index (χ2v) is 6.96. The van der Waals surface area contributed by atoms with Crippen molar-refractivity contribution >= 4 is 29.0 Å². The van der Waals surface area contributed by atoms with Gasteiger partial charge in [-0.15, -0.1) is 0 Å². The molecule has 0 aliphatic carbocycles. The molecule has 0 aliphatic heterocycles. The molecule has 1 heterocycles. The minimum absolute atomic E-state index is 0.0397. The third kappa shape index (κ3) is 6.33. The number of hydrogen-bond acceptors (Lipinski definition) is 6. The van der Waals surface area contributed by atoms with E-state index in [0.29, 0.717) is 17.8 Å². The number of nitrogens with one attached hydrogen (secondary N) is 1. The molecule has 162 valence electrons. The minimum atomic E-state index is -1.21. The van der Waals surface area contributed by atoms with Gasteiger partial charge in [0.05, 0.1) is 7.11 Å². The maximum absolute atomic E-state index is 12.0. The number of carbonyl (C=O) groups excluding carboxylic acids is 2. The minimum Gasteiger partial charge on any atom is -0.480 e. The molecule has 1 unspecified atom stereocenters. The average Bonchev–Trinajstić information content (AvgIpc) is 3.17. The number of amides is 1. The van der Waals surface area contributed by atoms with E-state index in [1.807, 2.05) is 30.3 Å². The predicted octanol–water partition coefficient (Wildman–Crippen LogP) is 3.46. The number of aryl methyl sites for hydroxylation is 1. The van der Waals surface area contributed by atoms with Gasteiger partial charge in [-0.3, -0.25) is 4.79 Å². The van der Waals surface area contributed by atoms with Crippen molar-refractivity contribution in [3.63, 3.8) is 0 Å². The summed E-state index contributed by atoms with van der Waals surface area (Å²) in [6, 6.07) is 15.1. The number of carbonyl (C=O) groups is 3. The van der Waals surface area contributed by atoms with Crippen molar-refractivity contribution in [1.82, 2.24) is 5.32 Å². The van der Waals surface area contributed by atoms with E-state index in [4.69, 9.17) is 9.15 Å². The number of benzene rings is 2. The Hall–Kier alpha value is -3.81. The van der Waals surface area contributed by atoms with Crippen molar-refractivity contribution in [1.29, 1.82) is 0 Å². The molecule has 0 bridgehead atoms. The maximum Gasteiger partial charge on any atom is 0.408 e. The Labute approximate surface area is 178 Å². The first-order chi connectivity index (χ1) is 14.9. The zero-order valence-electron chi connectivity index (χ0n) is 17.0. The molecule has 0 aliphatic rings. The summed E-state index contributed by atoms with van der Waals surface area (Å²) in [6.07, 6.45) is -0.0714. The first-order valence-electron chi connectivity index (χ1n) is 9.73. The molecule has 1 aromatic heterocycles. The van der Waals surface area contributed by atoms with E-state index in [-0.39, 0.29) is 25.4 Å². The van der Waals surface area contributed by atoms with Gasteiger partial charge in [-0.05, 0) is 35.7 Å². The Kier molecular flexibility index (Phi) is 7.26. The van der Waals surface area contributed by atoms with Crippen molar-refractivity contribution in [2.45, 2.75) is 31.9 Å². The molecule has 8 heteroatoms. The lowest BCUT2D eigenvalue weighted by atomic mass is 10.1. The van der Waals surface area contributed by atoms with Crippen LogP contribution in [0.15, 0.2) is 59.0 Å². The Balaban J connectivity index is 1.61. The highest BCUT2D eigenvalue weighted by Crippen LogP contribution is 2.22. The van der Waals surface area contributed by atoms with Crippen LogP contribution < -0.4 is 5.32 Å². The summed E-state index contributed by atoms with van der Waals surface area (Å²) >= 11 is 0. The van der Waals surface area contributed by atoms with Crippen LogP contribution in [0.5, 0.6) is 0 Å². The number of alkyl carbamates (subject to hydrolysis) is 1. The van der Waals surface area contributed by atoms with Crippen molar-refractivity contribution in [3.05, 3.63) is 71.5 Å². The number of methoxy groups -OCH3 is 1. The Morgan fingerprint density at radius 2 is 1.84 bits per heavy atom. The number of aliphatic carboxylic acids is 1. The number of esters is 1. The van der Waals surface area contributed by atoms with Crippen LogP contribution in [-0.4, -0.2) is 36.3 Å². The van der Waals surface area contributed by atoms with Gasteiger partial charge < -0.3 is 24.3 Å². The van der Waals surface area contributed by atoms with Crippen LogP contribution in [0.1, 0.15) is 23.3 Å². The predicted molar refractivity (Wildman–Crippen MR) is 111 cm³/mol. The summed E-state index contributed by atoms with van der Waals surface area (Å²) in [5, 5.41) is 12.6. The van der Waals surface area contributed by atoms with E-state index in [9.17, 15) is 19.5 Å². The number of carboxylic acid groups (broad SMARTS) is 1. The number of furan rings is 1. The van der Waals surface area contributed by atoms with Gasteiger partial charge >= 0.3 is 18.0 Å². The summed E-state index contributed by atoms with van der Waals surface area (Å²) in [7, 11) is 1.35.